The molecule has 0 saturated carbocycles. The van der Waals surface area contributed by atoms with Gasteiger partial charge in [-0.25, -0.2) is 14.8 Å². The SMILES string of the molecule is C[C@@H]1CCc2ncnc(N3CCN(C(=O)N(CCN)Cc4cc(Cl)cc(Cl)c4)CC3)c21. The Labute approximate surface area is 193 Å². The summed E-state index contributed by atoms with van der Waals surface area (Å²) in [6.45, 7) is 6.32. The van der Waals surface area contributed by atoms with Crippen molar-refractivity contribution in [3.8, 4) is 0 Å². The largest absolute Gasteiger partial charge is 0.353 e. The Morgan fingerprint density at radius 3 is 2.55 bits per heavy atom. The average Bonchev–Trinajstić information content (AvgIpc) is 3.13. The first-order valence-electron chi connectivity index (χ1n) is 10.7. The number of hydrogen-bond acceptors (Lipinski definition) is 5. The number of benzene rings is 1. The Morgan fingerprint density at radius 1 is 1.16 bits per heavy atom. The van der Waals surface area contributed by atoms with Crippen LogP contribution in [0.15, 0.2) is 24.5 Å². The molecule has 0 spiro atoms. The highest BCUT2D eigenvalue weighted by molar-refractivity contribution is 6.34. The van der Waals surface area contributed by atoms with E-state index in [9.17, 15) is 4.79 Å². The summed E-state index contributed by atoms with van der Waals surface area (Å²) < 4.78 is 0. The Morgan fingerprint density at radius 2 is 1.87 bits per heavy atom. The van der Waals surface area contributed by atoms with Crippen LogP contribution in [0.3, 0.4) is 0 Å². The molecule has 1 aromatic heterocycles. The van der Waals surface area contributed by atoms with Gasteiger partial charge in [0, 0.05) is 67.1 Å². The van der Waals surface area contributed by atoms with Gasteiger partial charge in [0.2, 0.25) is 0 Å². The van der Waals surface area contributed by atoms with Gasteiger partial charge in [0.05, 0.1) is 0 Å². The van der Waals surface area contributed by atoms with Gasteiger partial charge in [-0.2, -0.15) is 0 Å². The van der Waals surface area contributed by atoms with Gasteiger partial charge in [0.15, 0.2) is 0 Å². The quantitative estimate of drug-likeness (QED) is 0.734. The summed E-state index contributed by atoms with van der Waals surface area (Å²) in [7, 11) is 0. The number of aromatic nitrogens is 2. The second-order valence-corrected chi connectivity index (χ2v) is 9.11. The molecule has 0 bridgehead atoms. The van der Waals surface area contributed by atoms with Crippen LogP contribution < -0.4 is 10.6 Å². The van der Waals surface area contributed by atoms with Crippen molar-refractivity contribution in [1.82, 2.24) is 19.8 Å². The molecule has 1 aliphatic heterocycles. The first-order chi connectivity index (χ1) is 15.0. The predicted octanol–water partition coefficient (Wildman–Crippen LogP) is 3.54. The van der Waals surface area contributed by atoms with Crippen molar-refractivity contribution in [1.29, 1.82) is 0 Å². The first kappa shape index (κ1) is 22.1. The molecule has 9 heteroatoms. The molecule has 1 fully saturated rings. The number of nitrogens with two attached hydrogens (primary N) is 1. The van der Waals surface area contributed by atoms with E-state index in [1.165, 1.54) is 11.3 Å². The van der Waals surface area contributed by atoms with E-state index >= 15 is 0 Å². The molecule has 0 radical (unpaired) electrons. The standard InChI is InChI=1S/C22H28Cl2N6O/c1-15-2-3-19-20(15)21(27-14-26-19)28-6-8-29(9-7-28)22(31)30(5-4-25)13-16-10-17(23)12-18(24)11-16/h10-12,14-15H,2-9,13,25H2,1H3/t15-/m1/s1. The molecule has 2 N–H and O–H groups in total. The third-order valence-corrected chi connectivity index (χ3v) is 6.50. The summed E-state index contributed by atoms with van der Waals surface area (Å²) in [5.41, 5.74) is 9.13. The molecule has 2 aliphatic rings. The Balaban J connectivity index is 1.42. The lowest BCUT2D eigenvalue weighted by atomic mass is 10.1. The molecule has 0 unspecified atom stereocenters. The van der Waals surface area contributed by atoms with Crippen LogP contribution in [0, 0.1) is 0 Å². The average molecular weight is 463 g/mol. The Bertz CT molecular complexity index is 927. The van der Waals surface area contributed by atoms with Crippen LogP contribution in [0.4, 0.5) is 10.6 Å². The fraction of sp³-hybridized carbons (Fsp3) is 0.500. The van der Waals surface area contributed by atoms with E-state index < -0.39 is 0 Å². The summed E-state index contributed by atoms with van der Waals surface area (Å²) >= 11 is 12.2. The van der Waals surface area contributed by atoms with E-state index in [1.807, 2.05) is 17.0 Å². The van der Waals surface area contributed by atoms with Gasteiger partial charge in [-0.1, -0.05) is 30.1 Å². The number of anilines is 1. The fourth-order valence-electron chi connectivity index (χ4n) is 4.51. The number of halogens is 2. The van der Waals surface area contributed by atoms with Crippen molar-refractivity contribution < 1.29 is 4.79 Å². The van der Waals surface area contributed by atoms with Crippen molar-refractivity contribution in [3.05, 3.63) is 51.4 Å². The molecule has 7 nitrogen and oxygen atoms in total. The lowest BCUT2D eigenvalue weighted by Gasteiger charge is -2.38. The number of piperazine rings is 1. The maximum absolute atomic E-state index is 13.2. The van der Waals surface area contributed by atoms with Crippen molar-refractivity contribution in [3.63, 3.8) is 0 Å². The van der Waals surface area contributed by atoms with Crippen molar-refractivity contribution >= 4 is 35.1 Å². The van der Waals surface area contributed by atoms with Crippen molar-refractivity contribution in [2.45, 2.75) is 32.2 Å². The number of amides is 2. The highest BCUT2D eigenvalue weighted by Gasteiger charge is 2.30. The van der Waals surface area contributed by atoms with Crippen molar-refractivity contribution in [2.24, 2.45) is 5.73 Å². The molecule has 1 atom stereocenters. The van der Waals surface area contributed by atoms with Crippen LogP contribution in [0.5, 0.6) is 0 Å². The molecule has 1 aromatic carbocycles. The summed E-state index contributed by atoms with van der Waals surface area (Å²) in [6.07, 6.45) is 3.82. The predicted molar refractivity (Wildman–Crippen MR) is 124 cm³/mol. The van der Waals surface area contributed by atoms with E-state index in [0.717, 1.165) is 37.3 Å². The number of fused-ring (bicyclic) bond motifs is 1. The minimum Gasteiger partial charge on any atom is -0.353 e. The monoisotopic (exact) mass is 462 g/mol. The van der Waals surface area contributed by atoms with Crippen LogP contribution in [-0.4, -0.2) is 65.1 Å². The minimum absolute atomic E-state index is 0.0116. The molecule has 1 saturated heterocycles. The lowest BCUT2D eigenvalue weighted by Crippen LogP contribution is -2.53. The van der Waals surface area contributed by atoms with E-state index in [1.54, 1.807) is 17.3 Å². The molecule has 2 amide bonds. The van der Waals surface area contributed by atoms with Gasteiger partial charge in [0.25, 0.3) is 0 Å². The number of carbonyl (C=O) groups is 1. The van der Waals surface area contributed by atoms with E-state index in [2.05, 4.69) is 21.8 Å². The van der Waals surface area contributed by atoms with Gasteiger partial charge in [-0.15, -0.1) is 0 Å². The Kier molecular flexibility index (Phi) is 6.84. The molecule has 1 aliphatic carbocycles. The highest BCUT2D eigenvalue weighted by Crippen LogP contribution is 2.37. The summed E-state index contributed by atoms with van der Waals surface area (Å²) in [4.78, 5) is 28.2. The third-order valence-electron chi connectivity index (χ3n) is 6.07. The smallest absolute Gasteiger partial charge is 0.320 e. The van der Waals surface area contributed by atoms with Crippen LogP contribution >= 0.6 is 23.2 Å². The van der Waals surface area contributed by atoms with E-state index in [0.29, 0.717) is 48.7 Å². The zero-order valence-corrected chi connectivity index (χ0v) is 19.2. The summed E-state index contributed by atoms with van der Waals surface area (Å²) in [5, 5.41) is 1.12. The number of rotatable bonds is 5. The molecule has 2 heterocycles. The highest BCUT2D eigenvalue weighted by atomic mass is 35.5. The normalized spacial score (nSPS) is 18.3. The fourth-order valence-corrected chi connectivity index (χ4v) is 5.08. The number of carbonyl (C=O) groups excluding carboxylic acids is 1. The van der Waals surface area contributed by atoms with Crippen LogP contribution in [0.2, 0.25) is 10.0 Å². The third kappa shape index (κ3) is 4.89. The number of urea groups is 1. The van der Waals surface area contributed by atoms with Gasteiger partial charge in [-0.3, -0.25) is 0 Å². The first-order valence-corrected chi connectivity index (χ1v) is 11.5. The summed E-state index contributed by atoms with van der Waals surface area (Å²) in [5.74, 6) is 1.52. The van der Waals surface area contributed by atoms with Crippen LogP contribution in [0.25, 0.3) is 0 Å². The lowest BCUT2D eigenvalue weighted by molar-refractivity contribution is 0.148. The second-order valence-electron chi connectivity index (χ2n) is 8.24. The van der Waals surface area contributed by atoms with Crippen molar-refractivity contribution in [2.75, 3.05) is 44.2 Å². The summed E-state index contributed by atoms with van der Waals surface area (Å²) in [6, 6.07) is 5.34. The number of nitrogens with zero attached hydrogens (tertiary/aromatic N) is 5. The Hall–Kier alpha value is -2.09. The van der Waals surface area contributed by atoms with Crippen LogP contribution in [-0.2, 0) is 13.0 Å². The molecule has 2 aromatic rings. The number of aryl methyl sites for hydroxylation is 1. The van der Waals surface area contributed by atoms with Crippen LogP contribution in [0.1, 0.15) is 36.1 Å². The van der Waals surface area contributed by atoms with Gasteiger partial charge in [-0.05, 0) is 42.5 Å². The molecular weight excluding hydrogens is 435 g/mol. The maximum Gasteiger partial charge on any atom is 0.320 e. The van der Waals surface area contributed by atoms with Gasteiger partial charge < -0.3 is 20.4 Å². The topological polar surface area (TPSA) is 78.6 Å². The number of hydrogen-bond donors (Lipinski definition) is 1. The molecular formula is C22H28Cl2N6O. The molecule has 4 rings (SSSR count). The zero-order valence-electron chi connectivity index (χ0n) is 17.7. The zero-order chi connectivity index (χ0) is 22.0. The second kappa shape index (κ2) is 9.59. The van der Waals surface area contributed by atoms with Gasteiger partial charge in [0.1, 0.15) is 12.1 Å². The molecule has 166 valence electrons. The maximum atomic E-state index is 13.2. The van der Waals surface area contributed by atoms with Gasteiger partial charge >= 0.3 is 6.03 Å². The van der Waals surface area contributed by atoms with E-state index in [-0.39, 0.29) is 6.03 Å². The molecule has 31 heavy (non-hydrogen) atoms. The minimum atomic E-state index is -0.0116. The van der Waals surface area contributed by atoms with E-state index in [4.69, 9.17) is 28.9 Å².